The number of aliphatic carboxylic acids is 1. The van der Waals surface area contributed by atoms with Gasteiger partial charge in [0.1, 0.15) is 11.5 Å². The maximum atomic E-state index is 13.4. The van der Waals surface area contributed by atoms with E-state index in [4.69, 9.17) is 9.26 Å². The Morgan fingerprint density at radius 2 is 1.76 bits per heavy atom. The first kappa shape index (κ1) is 27.3. The summed E-state index contributed by atoms with van der Waals surface area (Å²) in [6.45, 7) is 7.57. The Hall–Kier alpha value is -2.23. The van der Waals surface area contributed by atoms with E-state index in [0.717, 1.165) is 18.3 Å². The molecule has 0 aliphatic heterocycles. The fourth-order valence-corrected chi connectivity index (χ4v) is 8.09. The predicted molar refractivity (Wildman–Crippen MR) is 142 cm³/mol. The molecule has 5 aliphatic carbocycles. The Morgan fingerprint density at radius 3 is 2.29 bits per heavy atom. The first-order chi connectivity index (χ1) is 17.9. The molecular formula is C28H41N3O6S. The molecule has 5 aliphatic rings. The zero-order valence-electron chi connectivity index (χ0n) is 22.9. The molecule has 210 valence electrons. The van der Waals surface area contributed by atoms with Crippen molar-refractivity contribution in [3.8, 4) is 5.88 Å². The second kappa shape index (κ2) is 10.4. The minimum absolute atomic E-state index is 0.0107. The fourth-order valence-electron chi connectivity index (χ4n) is 7.18. The van der Waals surface area contributed by atoms with E-state index < -0.39 is 16.9 Å². The molecule has 0 unspecified atom stereocenters. The third-order valence-corrected chi connectivity index (χ3v) is 10.1. The minimum atomic E-state index is -0.942. The molecule has 3 N–H and O–H groups in total. The zero-order valence-corrected chi connectivity index (χ0v) is 23.7. The van der Waals surface area contributed by atoms with E-state index in [1.54, 1.807) is 13.8 Å². The summed E-state index contributed by atoms with van der Waals surface area (Å²) in [6, 6.07) is 0.189. The maximum Gasteiger partial charge on any atom is 0.305 e. The van der Waals surface area contributed by atoms with Crippen LogP contribution in [-0.4, -0.2) is 51.5 Å². The molecule has 38 heavy (non-hydrogen) atoms. The van der Waals surface area contributed by atoms with Crippen molar-refractivity contribution in [2.24, 2.45) is 29.1 Å². The van der Waals surface area contributed by atoms with Crippen molar-refractivity contribution in [1.29, 1.82) is 0 Å². The number of hydrogen-bond acceptors (Lipinski definition) is 7. The van der Waals surface area contributed by atoms with Gasteiger partial charge in [0.2, 0.25) is 11.7 Å². The van der Waals surface area contributed by atoms with Crippen LogP contribution in [0.2, 0.25) is 0 Å². The van der Waals surface area contributed by atoms with Crippen LogP contribution >= 0.6 is 11.8 Å². The summed E-state index contributed by atoms with van der Waals surface area (Å²) in [4.78, 5) is 38.4. The number of carboxylic acid groups (broad SMARTS) is 1. The Labute approximate surface area is 228 Å². The lowest BCUT2D eigenvalue weighted by molar-refractivity contribution is -0.142. The van der Waals surface area contributed by atoms with Crippen molar-refractivity contribution in [3.63, 3.8) is 0 Å². The summed E-state index contributed by atoms with van der Waals surface area (Å²) in [6.07, 6.45) is 8.32. The van der Waals surface area contributed by atoms with Crippen LogP contribution in [0.5, 0.6) is 5.88 Å². The van der Waals surface area contributed by atoms with Crippen molar-refractivity contribution in [2.45, 2.75) is 107 Å². The number of hydrogen-bond donors (Lipinski definition) is 3. The summed E-state index contributed by atoms with van der Waals surface area (Å²) in [5, 5.41) is 19.8. The van der Waals surface area contributed by atoms with Gasteiger partial charge in [-0.15, -0.1) is 11.8 Å². The number of carbonyl (C=O) groups is 3. The quantitative estimate of drug-likeness (QED) is 0.341. The van der Waals surface area contributed by atoms with Crippen LogP contribution in [-0.2, 0) is 9.59 Å². The van der Waals surface area contributed by atoms with Crippen LogP contribution < -0.4 is 15.4 Å². The molecule has 6 rings (SSSR count). The molecule has 1 heterocycles. The molecule has 0 radical (unpaired) electrons. The van der Waals surface area contributed by atoms with Crippen molar-refractivity contribution < 1.29 is 28.8 Å². The molecule has 4 bridgehead atoms. The average molecular weight is 548 g/mol. The van der Waals surface area contributed by atoms with Crippen LogP contribution in [0.3, 0.4) is 0 Å². The third-order valence-electron chi connectivity index (χ3n) is 9.07. The average Bonchev–Trinajstić information content (AvgIpc) is 3.19. The lowest BCUT2D eigenvalue weighted by atomic mass is 9.54. The summed E-state index contributed by atoms with van der Waals surface area (Å²) < 4.78 is 11.6. The SMILES string of the molecule is CC(C)Sc1c(OCC(C)(C)C(=O)NC2(CC(=O)O)CCC2)noc1C(=O)NC1C2CC3CC(C2)CC1C3. The lowest BCUT2D eigenvalue weighted by Crippen LogP contribution is -2.58. The Balaban J connectivity index is 1.25. The molecule has 5 saturated carbocycles. The first-order valence-corrected chi connectivity index (χ1v) is 15.0. The number of carboxylic acids is 1. The van der Waals surface area contributed by atoms with Crippen LogP contribution in [0.4, 0.5) is 0 Å². The maximum absolute atomic E-state index is 13.4. The van der Waals surface area contributed by atoms with E-state index in [0.29, 0.717) is 29.6 Å². The molecule has 0 saturated heterocycles. The molecule has 10 heteroatoms. The summed E-state index contributed by atoms with van der Waals surface area (Å²) in [5.74, 6) is 1.71. The number of ether oxygens (including phenoxy) is 1. The monoisotopic (exact) mass is 547 g/mol. The van der Waals surface area contributed by atoms with Gasteiger partial charge in [0, 0.05) is 11.3 Å². The van der Waals surface area contributed by atoms with Crippen molar-refractivity contribution in [1.82, 2.24) is 15.8 Å². The van der Waals surface area contributed by atoms with Crippen LogP contribution in [0.15, 0.2) is 9.42 Å². The number of amides is 2. The van der Waals surface area contributed by atoms with Crippen LogP contribution in [0.1, 0.15) is 96.0 Å². The van der Waals surface area contributed by atoms with Crippen molar-refractivity contribution in [3.05, 3.63) is 5.76 Å². The van der Waals surface area contributed by atoms with Gasteiger partial charge in [-0.2, -0.15) is 0 Å². The Kier molecular flexibility index (Phi) is 7.48. The minimum Gasteiger partial charge on any atom is -0.481 e. The predicted octanol–water partition coefficient (Wildman–Crippen LogP) is 4.65. The molecule has 0 spiro atoms. The van der Waals surface area contributed by atoms with E-state index in [1.165, 1.54) is 43.9 Å². The molecule has 5 fully saturated rings. The van der Waals surface area contributed by atoms with E-state index in [2.05, 4.69) is 15.8 Å². The molecule has 0 atom stereocenters. The molecule has 1 aromatic heterocycles. The highest BCUT2D eigenvalue weighted by atomic mass is 32.2. The standard InChI is InChI=1S/C28H41N3O6S/c1-15(2)38-23-22(24(34)29-21-18-9-16-8-17(11-18)12-19(21)10-16)37-31-25(23)36-14-27(3,4)26(35)30-28(6-5-7-28)13-20(32)33/h15-19,21H,5-14H2,1-4H3,(H,29,34)(H,30,35)(H,32,33). The van der Waals surface area contributed by atoms with Crippen molar-refractivity contribution in [2.75, 3.05) is 6.61 Å². The highest BCUT2D eigenvalue weighted by Gasteiger charge is 2.49. The molecule has 9 nitrogen and oxygen atoms in total. The highest BCUT2D eigenvalue weighted by Crippen LogP contribution is 2.53. The first-order valence-electron chi connectivity index (χ1n) is 14.1. The van der Waals surface area contributed by atoms with Gasteiger partial charge in [0.05, 0.1) is 17.4 Å². The van der Waals surface area contributed by atoms with Gasteiger partial charge in [0.15, 0.2) is 0 Å². The summed E-state index contributed by atoms with van der Waals surface area (Å²) in [5.41, 5.74) is -1.63. The second-order valence-corrected chi connectivity index (χ2v) is 14.7. The van der Waals surface area contributed by atoms with Gasteiger partial charge >= 0.3 is 5.97 Å². The zero-order chi connectivity index (χ0) is 27.2. The van der Waals surface area contributed by atoms with E-state index >= 15 is 0 Å². The number of aromatic nitrogens is 1. The van der Waals surface area contributed by atoms with Crippen molar-refractivity contribution >= 4 is 29.5 Å². The fraction of sp³-hybridized carbons (Fsp3) is 0.786. The summed E-state index contributed by atoms with van der Waals surface area (Å²) >= 11 is 1.46. The topological polar surface area (TPSA) is 131 Å². The van der Waals surface area contributed by atoms with E-state index in [9.17, 15) is 19.5 Å². The highest BCUT2D eigenvalue weighted by molar-refractivity contribution is 8.00. The number of thioether (sulfide) groups is 1. The van der Waals surface area contributed by atoms with Gasteiger partial charge in [-0.1, -0.05) is 13.8 Å². The number of nitrogens with one attached hydrogen (secondary N) is 2. The van der Waals surface area contributed by atoms with Gasteiger partial charge in [-0.05, 0) is 94.0 Å². The largest absolute Gasteiger partial charge is 0.481 e. The molecule has 2 amide bonds. The number of nitrogens with zero attached hydrogens (tertiary/aromatic N) is 1. The van der Waals surface area contributed by atoms with Gasteiger partial charge in [-0.3, -0.25) is 14.4 Å². The summed E-state index contributed by atoms with van der Waals surface area (Å²) in [7, 11) is 0. The smallest absolute Gasteiger partial charge is 0.305 e. The lowest BCUT2D eigenvalue weighted by Gasteiger charge is -2.54. The van der Waals surface area contributed by atoms with Gasteiger partial charge in [-0.25, -0.2) is 0 Å². The molecular weight excluding hydrogens is 506 g/mol. The normalized spacial score (nSPS) is 29.1. The van der Waals surface area contributed by atoms with E-state index in [-0.39, 0.29) is 47.8 Å². The number of carbonyl (C=O) groups excluding carboxylic acids is 2. The molecule has 1 aromatic rings. The van der Waals surface area contributed by atoms with Crippen LogP contribution in [0.25, 0.3) is 0 Å². The van der Waals surface area contributed by atoms with Gasteiger partial charge in [0.25, 0.3) is 11.8 Å². The Bertz CT molecular complexity index is 1050. The second-order valence-electron chi connectivity index (χ2n) is 13.1. The van der Waals surface area contributed by atoms with Crippen LogP contribution in [0, 0.1) is 29.1 Å². The Morgan fingerprint density at radius 1 is 1.13 bits per heavy atom. The molecule has 0 aromatic carbocycles. The number of rotatable bonds is 11. The van der Waals surface area contributed by atoms with Gasteiger partial charge < -0.3 is 25.0 Å². The third kappa shape index (κ3) is 5.56. The van der Waals surface area contributed by atoms with E-state index in [1.807, 2.05) is 13.8 Å².